The molecule has 2 N–H and O–H groups in total. The zero-order valence-electron chi connectivity index (χ0n) is 15.9. The van der Waals surface area contributed by atoms with E-state index in [-0.39, 0.29) is 24.1 Å². The standard InChI is InChI=1S/C21H26N4O3/c26-19-6-5-18(20(27)23-19)25-11-15-9-13(1-4-16(15)21(25)28)10-24-8-7-22-17(12-24)14-2-3-14/h1,4,9,14,17-18,22H,2-3,5-8,10-12H2,(H,23,26,27). The second-order valence-corrected chi connectivity index (χ2v) is 8.52. The average Bonchev–Trinajstić information content (AvgIpc) is 3.47. The number of piperidine rings is 1. The first-order valence-corrected chi connectivity index (χ1v) is 10.3. The quantitative estimate of drug-likeness (QED) is 0.747. The highest BCUT2D eigenvalue weighted by Crippen LogP contribution is 2.34. The molecular formula is C21H26N4O3. The maximum Gasteiger partial charge on any atom is 0.255 e. The number of benzene rings is 1. The van der Waals surface area contributed by atoms with E-state index in [0.29, 0.717) is 24.6 Å². The largest absolute Gasteiger partial charge is 0.322 e. The van der Waals surface area contributed by atoms with Crippen LogP contribution in [0.2, 0.25) is 0 Å². The second-order valence-electron chi connectivity index (χ2n) is 8.52. The molecule has 0 spiro atoms. The maximum atomic E-state index is 12.8. The van der Waals surface area contributed by atoms with Crippen LogP contribution in [0, 0.1) is 5.92 Å². The Morgan fingerprint density at radius 2 is 1.96 bits per heavy atom. The van der Waals surface area contributed by atoms with Gasteiger partial charge in [-0.3, -0.25) is 24.6 Å². The minimum absolute atomic E-state index is 0.105. The number of nitrogens with one attached hydrogen (secondary N) is 2. The molecule has 4 aliphatic rings. The van der Waals surface area contributed by atoms with Crippen molar-refractivity contribution in [2.24, 2.45) is 5.92 Å². The van der Waals surface area contributed by atoms with Crippen LogP contribution in [0.4, 0.5) is 0 Å². The summed E-state index contributed by atoms with van der Waals surface area (Å²) in [6, 6.07) is 6.13. The summed E-state index contributed by atoms with van der Waals surface area (Å²) in [5.74, 6) is 0.132. The van der Waals surface area contributed by atoms with Gasteiger partial charge in [-0.05, 0) is 42.4 Å². The van der Waals surface area contributed by atoms with Crippen LogP contribution < -0.4 is 10.6 Å². The van der Waals surface area contributed by atoms with Crippen LogP contribution in [0.3, 0.4) is 0 Å². The molecular weight excluding hydrogens is 356 g/mol. The maximum absolute atomic E-state index is 12.8. The fourth-order valence-electron chi connectivity index (χ4n) is 4.78. The molecule has 3 aliphatic heterocycles. The smallest absolute Gasteiger partial charge is 0.255 e. The summed E-state index contributed by atoms with van der Waals surface area (Å²) in [6.07, 6.45) is 3.39. The van der Waals surface area contributed by atoms with Gasteiger partial charge in [0.1, 0.15) is 6.04 Å². The van der Waals surface area contributed by atoms with Crippen molar-refractivity contribution in [3.05, 3.63) is 34.9 Å². The summed E-state index contributed by atoms with van der Waals surface area (Å²) in [7, 11) is 0. The van der Waals surface area contributed by atoms with E-state index in [2.05, 4.69) is 21.6 Å². The molecule has 5 rings (SSSR count). The predicted molar refractivity (Wildman–Crippen MR) is 102 cm³/mol. The van der Waals surface area contributed by atoms with Crippen molar-refractivity contribution in [2.45, 2.75) is 50.9 Å². The molecule has 3 amide bonds. The molecule has 7 heteroatoms. The average molecular weight is 382 g/mol. The highest BCUT2D eigenvalue weighted by molar-refractivity contribution is 6.05. The van der Waals surface area contributed by atoms with Crippen LogP contribution in [0.25, 0.3) is 0 Å². The van der Waals surface area contributed by atoms with E-state index in [4.69, 9.17) is 0 Å². The van der Waals surface area contributed by atoms with Gasteiger partial charge in [0.2, 0.25) is 11.8 Å². The van der Waals surface area contributed by atoms with E-state index in [1.54, 1.807) is 4.90 Å². The minimum Gasteiger partial charge on any atom is -0.322 e. The first-order chi connectivity index (χ1) is 13.6. The molecule has 2 atom stereocenters. The fraction of sp³-hybridized carbons (Fsp3) is 0.571. The highest BCUT2D eigenvalue weighted by atomic mass is 16.2. The normalized spacial score (nSPS) is 28.4. The lowest BCUT2D eigenvalue weighted by Gasteiger charge is -2.34. The number of fused-ring (bicyclic) bond motifs is 1. The zero-order chi connectivity index (χ0) is 19.3. The number of piperazine rings is 1. The molecule has 3 heterocycles. The fourth-order valence-corrected chi connectivity index (χ4v) is 4.78. The monoisotopic (exact) mass is 382 g/mol. The van der Waals surface area contributed by atoms with Crippen molar-refractivity contribution in [2.75, 3.05) is 19.6 Å². The molecule has 0 radical (unpaired) electrons. The molecule has 7 nitrogen and oxygen atoms in total. The van der Waals surface area contributed by atoms with Gasteiger partial charge in [-0.15, -0.1) is 0 Å². The van der Waals surface area contributed by atoms with Crippen molar-refractivity contribution in [3.63, 3.8) is 0 Å². The van der Waals surface area contributed by atoms with E-state index in [0.717, 1.165) is 37.7 Å². The molecule has 148 valence electrons. The number of rotatable bonds is 4. The van der Waals surface area contributed by atoms with Crippen molar-refractivity contribution < 1.29 is 14.4 Å². The van der Waals surface area contributed by atoms with Crippen LogP contribution >= 0.6 is 0 Å². The van der Waals surface area contributed by atoms with E-state index < -0.39 is 6.04 Å². The van der Waals surface area contributed by atoms with E-state index >= 15 is 0 Å². The van der Waals surface area contributed by atoms with Gasteiger partial charge in [0, 0.05) is 50.7 Å². The van der Waals surface area contributed by atoms with Crippen molar-refractivity contribution >= 4 is 17.7 Å². The van der Waals surface area contributed by atoms with E-state index in [9.17, 15) is 14.4 Å². The Morgan fingerprint density at radius 3 is 2.75 bits per heavy atom. The molecule has 0 aromatic heterocycles. The van der Waals surface area contributed by atoms with Crippen LogP contribution in [0.1, 0.15) is 47.2 Å². The third-order valence-electron chi connectivity index (χ3n) is 6.47. The first kappa shape index (κ1) is 17.8. The van der Waals surface area contributed by atoms with Crippen molar-refractivity contribution in [1.29, 1.82) is 0 Å². The topological polar surface area (TPSA) is 81.8 Å². The highest BCUT2D eigenvalue weighted by Gasteiger charge is 2.39. The Balaban J connectivity index is 1.27. The summed E-state index contributed by atoms with van der Waals surface area (Å²) < 4.78 is 0. The number of hydrogen-bond donors (Lipinski definition) is 2. The van der Waals surface area contributed by atoms with Gasteiger partial charge in [0.25, 0.3) is 5.91 Å². The lowest BCUT2D eigenvalue weighted by molar-refractivity contribution is -0.136. The Hall–Kier alpha value is -2.25. The summed E-state index contributed by atoms with van der Waals surface area (Å²) in [6.45, 7) is 4.50. The van der Waals surface area contributed by atoms with E-state index in [1.807, 2.05) is 12.1 Å². The van der Waals surface area contributed by atoms with Crippen LogP contribution in [0.5, 0.6) is 0 Å². The Kier molecular flexibility index (Phi) is 4.44. The van der Waals surface area contributed by atoms with Crippen LogP contribution in [0.15, 0.2) is 18.2 Å². The third kappa shape index (κ3) is 3.33. The predicted octanol–water partition coefficient (Wildman–Crippen LogP) is 0.631. The third-order valence-corrected chi connectivity index (χ3v) is 6.47. The number of hydrogen-bond acceptors (Lipinski definition) is 5. The first-order valence-electron chi connectivity index (χ1n) is 10.3. The number of imide groups is 1. The van der Waals surface area contributed by atoms with Gasteiger partial charge in [0.05, 0.1) is 0 Å². The Morgan fingerprint density at radius 1 is 1.11 bits per heavy atom. The lowest BCUT2D eigenvalue weighted by atomic mass is 10.0. The molecule has 1 aromatic rings. The number of carbonyl (C=O) groups is 3. The summed E-state index contributed by atoms with van der Waals surface area (Å²) in [5.41, 5.74) is 2.89. The van der Waals surface area contributed by atoms with Gasteiger partial charge in [-0.2, -0.15) is 0 Å². The van der Waals surface area contributed by atoms with Gasteiger partial charge in [-0.25, -0.2) is 0 Å². The zero-order valence-corrected chi connectivity index (χ0v) is 15.9. The van der Waals surface area contributed by atoms with Crippen LogP contribution in [-0.4, -0.2) is 59.2 Å². The second kappa shape index (κ2) is 6.97. The Bertz CT molecular complexity index is 835. The summed E-state index contributed by atoms with van der Waals surface area (Å²) in [4.78, 5) is 40.5. The summed E-state index contributed by atoms with van der Waals surface area (Å²) in [5, 5.41) is 5.99. The van der Waals surface area contributed by atoms with Crippen molar-refractivity contribution in [1.82, 2.24) is 20.4 Å². The molecule has 2 saturated heterocycles. The molecule has 28 heavy (non-hydrogen) atoms. The molecule has 3 fully saturated rings. The molecule has 0 bridgehead atoms. The number of amides is 3. The molecule has 1 aliphatic carbocycles. The number of carbonyl (C=O) groups excluding carboxylic acids is 3. The molecule has 1 aromatic carbocycles. The van der Waals surface area contributed by atoms with E-state index in [1.165, 1.54) is 18.4 Å². The number of nitrogens with zero attached hydrogens (tertiary/aromatic N) is 2. The molecule has 2 unspecified atom stereocenters. The summed E-state index contributed by atoms with van der Waals surface area (Å²) >= 11 is 0. The van der Waals surface area contributed by atoms with Crippen molar-refractivity contribution in [3.8, 4) is 0 Å². The lowest BCUT2D eigenvalue weighted by Crippen LogP contribution is -2.52. The molecule has 1 saturated carbocycles. The van der Waals surface area contributed by atoms with Gasteiger partial charge < -0.3 is 10.2 Å². The van der Waals surface area contributed by atoms with Gasteiger partial charge >= 0.3 is 0 Å². The van der Waals surface area contributed by atoms with Crippen LogP contribution in [-0.2, 0) is 22.7 Å². The minimum atomic E-state index is -0.548. The van der Waals surface area contributed by atoms with Gasteiger partial charge in [-0.1, -0.05) is 12.1 Å². The SMILES string of the molecule is O=C1CCC(N2Cc3cc(CN4CCNC(C5CC5)C4)ccc3C2=O)C(=O)N1. The Labute approximate surface area is 164 Å². The van der Waals surface area contributed by atoms with Gasteiger partial charge in [0.15, 0.2) is 0 Å².